The Morgan fingerprint density at radius 3 is 2.71 bits per heavy atom. The van der Waals surface area contributed by atoms with E-state index in [-0.39, 0.29) is 21.6 Å². The van der Waals surface area contributed by atoms with E-state index in [1.54, 1.807) is 30.3 Å². The number of halogens is 1. The molecule has 12 heteroatoms. The van der Waals surface area contributed by atoms with Crippen molar-refractivity contribution in [2.24, 2.45) is 0 Å². The molecule has 0 radical (unpaired) electrons. The number of hydrogen-bond donors (Lipinski definition) is 1. The largest absolute Gasteiger partial charge is 0.295 e. The second-order valence-electron chi connectivity index (χ2n) is 5.35. The molecule has 0 unspecified atom stereocenters. The van der Waals surface area contributed by atoms with Crippen molar-refractivity contribution in [3.63, 3.8) is 0 Å². The SMILES string of the molecule is CCSc1nnc(NC(=O)c2nc(S(=O)(=O)Cc3ccccc3)ncc2Cl)s1. The van der Waals surface area contributed by atoms with Crippen molar-refractivity contribution < 1.29 is 13.2 Å². The molecule has 2 heterocycles. The van der Waals surface area contributed by atoms with E-state index in [0.717, 1.165) is 11.9 Å². The quantitative estimate of drug-likeness (QED) is 0.327. The van der Waals surface area contributed by atoms with Crippen molar-refractivity contribution in [3.05, 3.63) is 52.8 Å². The van der Waals surface area contributed by atoms with Crippen molar-refractivity contribution in [2.75, 3.05) is 11.1 Å². The van der Waals surface area contributed by atoms with Crippen LogP contribution in [-0.2, 0) is 15.6 Å². The monoisotopic (exact) mass is 455 g/mol. The van der Waals surface area contributed by atoms with Crippen LogP contribution in [0.1, 0.15) is 23.0 Å². The van der Waals surface area contributed by atoms with Crippen LogP contribution in [0.25, 0.3) is 0 Å². The van der Waals surface area contributed by atoms with Crippen LogP contribution in [-0.4, -0.2) is 40.2 Å². The summed E-state index contributed by atoms with van der Waals surface area (Å²) in [5, 5.41) is 10.1. The minimum atomic E-state index is -3.85. The topological polar surface area (TPSA) is 115 Å². The van der Waals surface area contributed by atoms with Gasteiger partial charge in [0, 0.05) is 0 Å². The lowest BCUT2D eigenvalue weighted by Crippen LogP contribution is -2.18. The minimum absolute atomic E-state index is 0.0659. The lowest BCUT2D eigenvalue weighted by molar-refractivity contribution is 0.102. The zero-order valence-corrected chi connectivity index (χ0v) is 17.7. The maximum absolute atomic E-state index is 12.6. The molecule has 3 aromatic rings. The molecule has 28 heavy (non-hydrogen) atoms. The molecular formula is C16H14ClN5O3S3. The minimum Gasteiger partial charge on any atom is -0.295 e. The Labute approximate surface area is 174 Å². The van der Waals surface area contributed by atoms with Crippen molar-refractivity contribution in [1.29, 1.82) is 0 Å². The van der Waals surface area contributed by atoms with Crippen molar-refractivity contribution in [3.8, 4) is 0 Å². The molecule has 0 spiro atoms. The summed E-state index contributed by atoms with van der Waals surface area (Å²) in [5.41, 5.74) is 0.338. The Kier molecular flexibility index (Phi) is 6.60. The standard InChI is InChI=1S/C16H14ClN5O3S3/c1-2-26-16-22-21-14(27-16)20-13(23)12-11(17)8-18-15(19-12)28(24,25)9-10-6-4-3-5-7-10/h3-8H,2,9H2,1H3,(H,20,21,23). The number of hydrogen-bond acceptors (Lipinski definition) is 9. The third kappa shape index (κ3) is 5.04. The number of benzene rings is 1. The first-order valence-corrected chi connectivity index (χ1v) is 11.8. The number of nitrogens with one attached hydrogen (secondary N) is 1. The fourth-order valence-electron chi connectivity index (χ4n) is 2.12. The number of carbonyl (C=O) groups is 1. The molecule has 1 aromatic carbocycles. The van der Waals surface area contributed by atoms with Crippen molar-refractivity contribution >= 4 is 55.6 Å². The lowest BCUT2D eigenvalue weighted by atomic mass is 10.2. The van der Waals surface area contributed by atoms with E-state index in [9.17, 15) is 13.2 Å². The van der Waals surface area contributed by atoms with Gasteiger partial charge in [0.2, 0.25) is 20.1 Å². The first kappa shape index (κ1) is 20.6. The predicted octanol–water partition coefficient (Wildman–Crippen LogP) is 3.32. The Balaban J connectivity index is 1.83. The summed E-state index contributed by atoms with van der Waals surface area (Å²) in [6, 6.07) is 8.62. The van der Waals surface area contributed by atoms with E-state index in [0.29, 0.717) is 9.90 Å². The van der Waals surface area contributed by atoms with Gasteiger partial charge in [0.05, 0.1) is 17.0 Å². The number of anilines is 1. The van der Waals surface area contributed by atoms with E-state index in [1.165, 1.54) is 23.1 Å². The summed E-state index contributed by atoms with van der Waals surface area (Å²) >= 11 is 8.70. The zero-order valence-electron chi connectivity index (χ0n) is 14.5. The second kappa shape index (κ2) is 8.95. The number of thioether (sulfide) groups is 1. The van der Waals surface area contributed by atoms with Gasteiger partial charge in [-0.2, -0.15) is 0 Å². The average Bonchev–Trinajstić information content (AvgIpc) is 3.09. The highest BCUT2D eigenvalue weighted by Gasteiger charge is 2.23. The Morgan fingerprint density at radius 2 is 2.00 bits per heavy atom. The summed E-state index contributed by atoms with van der Waals surface area (Å²) in [5.74, 6) is -0.152. The summed E-state index contributed by atoms with van der Waals surface area (Å²) in [4.78, 5) is 20.2. The van der Waals surface area contributed by atoms with Crippen molar-refractivity contribution in [2.45, 2.75) is 22.2 Å². The van der Waals surface area contributed by atoms with Gasteiger partial charge in [-0.15, -0.1) is 10.2 Å². The fraction of sp³-hybridized carbons (Fsp3) is 0.188. The first-order chi connectivity index (χ1) is 13.4. The number of amides is 1. The molecular weight excluding hydrogens is 442 g/mol. The molecule has 1 amide bonds. The van der Waals surface area contributed by atoms with Crippen LogP contribution >= 0.6 is 34.7 Å². The van der Waals surface area contributed by atoms with E-state index in [2.05, 4.69) is 25.5 Å². The number of sulfone groups is 1. The average molecular weight is 456 g/mol. The van der Waals surface area contributed by atoms with E-state index in [1.807, 2.05) is 6.92 Å². The van der Waals surface area contributed by atoms with Gasteiger partial charge in [-0.05, 0) is 11.3 Å². The maximum Gasteiger partial charge on any atom is 0.277 e. The van der Waals surface area contributed by atoms with Gasteiger partial charge >= 0.3 is 0 Å². The Bertz CT molecular complexity index is 1090. The highest BCUT2D eigenvalue weighted by molar-refractivity contribution is 8.01. The Hall–Kier alpha value is -2.08. The molecule has 2 aromatic heterocycles. The van der Waals surface area contributed by atoms with Gasteiger partial charge in [-0.3, -0.25) is 10.1 Å². The van der Waals surface area contributed by atoms with Gasteiger partial charge in [-0.1, -0.05) is 72.0 Å². The molecule has 0 saturated heterocycles. The number of nitrogens with zero attached hydrogens (tertiary/aromatic N) is 4. The summed E-state index contributed by atoms with van der Waals surface area (Å²) in [6.45, 7) is 1.97. The van der Waals surface area contributed by atoms with Crippen LogP contribution in [0, 0.1) is 0 Å². The smallest absolute Gasteiger partial charge is 0.277 e. The molecule has 1 N–H and O–H groups in total. The van der Waals surface area contributed by atoms with Crippen LogP contribution < -0.4 is 5.32 Å². The summed E-state index contributed by atoms with van der Waals surface area (Å²) < 4.78 is 25.9. The van der Waals surface area contributed by atoms with Gasteiger partial charge in [0.1, 0.15) is 0 Å². The molecule has 0 fully saturated rings. The van der Waals surface area contributed by atoms with Crippen LogP contribution in [0.2, 0.25) is 5.02 Å². The van der Waals surface area contributed by atoms with Gasteiger partial charge < -0.3 is 0 Å². The molecule has 0 aliphatic rings. The molecule has 0 aliphatic carbocycles. The predicted molar refractivity (Wildman–Crippen MR) is 109 cm³/mol. The van der Waals surface area contributed by atoms with Crippen LogP contribution in [0.15, 0.2) is 46.0 Å². The van der Waals surface area contributed by atoms with Crippen LogP contribution in [0.3, 0.4) is 0 Å². The molecule has 0 saturated carbocycles. The zero-order chi connectivity index (χ0) is 20.1. The van der Waals surface area contributed by atoms with E-state index < -0.39 is 20.9 Å². The number of aromatic nitrogens is 4. The molecule has 146 valence electrons. The van der Waals surface area contributed by atoms with Crippen LogP contribution in [0.4, 0.5) is 5.13 Å². The van der Waals surface area contributed by atoms with Gasteiger partial charge in [-0.25, -0.2) is 18.4 Å². The second-order valence-corrected chi connectivity index (χ2v) is 10.1. The normalized spacial score (nSPS) is 11.4. The van der Waals surface area contributed by atoms with E-state index >= 15 is 0 Å². The number of carbonyl (C=O) groups excluding carboxylic acids is 1. The third-order valence-electron chi connectivity index (χ3n) is 3.31. The fourth-order valence-corrected chi connectivity index (χ4v) is 5.14. The third-order valence-corrected chi connectivity index (χ3v) is 6.91. The highest BCUT2D eigenvalue weighted by atomic mass is 35.5. The molecule has 3 rings (SSSR count). The summed E-state index contributed by atoms with van der Waals surface area (Å²) in [6.07, 6.45) is 1.10. The Morgan fingerprint density at radius 1 is 1.25 bits per heavy atom. The lowest BCUT2D eigenvalue weighted by Gasteiger charge is -2.07. The van der Waals surface area contributed by atoms with Gasteiger partial charge in [0.25, 0.3) is 5.91 Å². The first-order valence-electron chi connectivity index (χ1n) is 7.96. The molecule has 0 atom stereocenters. The molecule has 8 nitrogen and oxygen atoms in total. The summed E-state index contributed by atoms with van der Waals surface area (Å²) in [7, 11) is -3.85. The van der Waals surface area contributed by atoms with Crippen LogP contribution in [0.5, 0.6) is 0 Å². The van der Waals surface area contributed by atoms with E-state index in [4.69, 9.17) is 11.6 Å². The molecule has 0 aliphatic heterocycles. The molecule has 0 bridgehead atoms. The van der Waals surface area contributed by atoms with Crippen molar-refractivity contribution in [1.82, 2.24) is 20.2 Å². The number of rotatable bonds is 7. The van der Waals surface area contributed by atoms with Gasteiger partial charge in [0.15, 0.2) is 10.0 Å². The maximum atomic E-state index is 12.6. The highest BCUT2D eigenvalue weighted by Crippen LogP contribution is 2.26.